The molecule has 148 valence electrons. The molecule has 2 heterocycles. The fourth-order valence-electron chi connectivity index (χ4n) is 2.83. The largest absolute Gasteiger partial charge is 0.465 e. The zero-order chi connectivity index (χ0) is 20.4. The van der Waals surface area contributed by atoms with Crippen molar-refractivity contribution in [1.82, 2.24) is 4.90 Å². The molecule has 0 spiro atoms. The Balaban J connectivity index is 1.64. The van der Waals surface area contributed by atoms with Gasteiger partial charge in [-0.2, -0.15) is 0 Å². The first kappa shape index (κ1) is 20.3. The number of nitrogens with one attached hydrogen (secondary N) is 1. The van der Waals surface area contributed by atoms with Crippen molar-refractivity contribution in [3.8, 4) is 0 Å². The summed E-state index contributed by atoms with van der Waals surface area (Å²) in [6.07, 6.45) is 0.0403. The fraction of sp³-hybridized carbons (Fsp3) is 0.316. The predicted molar refractivity (Wildman–Crippen MR) is 106 cm³/mol. The second-order valence-corrected chi connectivity index (χ2v) is 8.05. The minimum atomic E-state index is -0.535. The molecule has 1 aromatic heterocycles. The van der Waals surface area contributed by atoms with Gasteiger partial charge in [-0.25, -0.2) is 4.79 Å². The third-order valence-electron chi connectivity index (χ3n) is 4.31. The van der Waals surface area contributed by atoms with Crippen LogP contribution in [-0.2, 0) is 20.9 Å². The maximum absolute atomic E-state index is 12.6. The Morgan fingerprint density at radius 3 is 2.82 bits per heavy atom. The van der Waals surface area contributed by atoms with Gasteiger partial charge in [0, 0.05) is 23.4 Å². The number of benzene rings is 1. The molecule has 1 aliphatic heterocycles. The van der Waals surface area contributed by atoms with E-state index >= 15 is 0 Å². The number of carbonyl (C=O) groups excluding carboxylic acids is 3. The normalized spacial score (nSPS) is 15.6. The lowest BCUT2D eigenvalue weighted by Gasteiger charge is -2.25. The van der Waals surface area contributed by atoms with Crippen LogP contribution in [0.5, 0.6) is 0 Å². The first-order valence-electron chi connectivity index (χ1n) is 8.47. The van der Waals surface area contributed by atoms with Crippen molar-refractivity contribution >= 4 is 46.8 Å². The van der Waals surface area contributed by atoms with E-state index in [0.29, 0.717) is 27.8 Å². The van der Waals surface area contributed by atoms with Gasteiger partial charge < -0.3 is 19.4 Å². The molecule has 3 rings (SSSR count). The molecule has 2 amide bonds. The number of ether oxygens (including phenoxy) is 1. The lowest BCUT2D eigenvalue weighted by atomic mass is 10.2. The van der Waals surface area contributed by atoms with Gasteiger partial charge in [-0.15, -0.1) is 11.8 Å². The van der Waals surface area contributed by atoms with E-state index in [1.807, 2.05) is 6.07 Å². The standard InChI is InChI=1S/C19H19ClN2O5S/c1-10-13(19(25)26-3)7-12(27-10)9-22(2)17(23)8-16-18(24)21-14-6-11(20)4-5-15(14)28-16/h4-7,16H,8-9H2,1-3H3,(H,21,24). The minimum absolute atomic E-state index is 0.0403. The Morgan fingerprint density at radius 2 is 2.11 bits per heavy atom. The Hall–Kier alpha value is -2.45. The number of amides is 2. The zero-order valence-electron chi connectivity index (χ0n) is 15.6. The lowest BCUT2D eigenvalue weighted by Crippen LogP contribution is -2.35. The Morgan fingerprint density at radius 1 is 1.36 bits per heavy atom. The highest BCUT2D eigenvalue weighted by Gasteiger charge is 2.30. The van der Waals surface area contributed by atoms with Crippen molar-refractivity contribution in [1.29, 1.82) is 0 Å². The molecule has 1 atom stereocenters. The SMILES string of the molecule is COC(=O)c1cc(CN(C)C(=O)CC2Sc3ccc(Cl)cc3NC2=O)oc1C. The van der Waals surface area contributed by atoms with Crippen LogP contribution in [0, 0.1) is 6.92 Å². The summed E-state index contributed by atoms with van der Waals surface area (Å²) >= 11 is 7.28. The summed E-state index contributed by atoms with van der Waals surface area (Å²) in [6, 6.07) is 6.81. The van der Waals surface area contributed by atoms with E-state index in [0.717, 1.165) is 4.90 Å². The van der Waals surface area contributed by atoms with Gasteiger partial charge in [0.2, 0.25) is 11.8 Å². The minimum Gasteiger partial charge on any atom is -0.465 e. The number of anilines is 1. The van der Waals surface area contributed by atoms with E-state index in [4.69, 9.17) is 20.8 Å². The van der Waals surface area contributed by atoms with Crippen molar-refractivity contribution in [2.75, 3.05) is 19.5 Å². The number of methoxy groups -OCH3 is 1. The lowest BCUT2D eigenvalue weighted by molar-refractivity contribution is -0.132. The number of nitrogens with zero attached hydrogens (tertiary/aromatic N) is 1. The van der Waals surface area contributed by atoms with E-state index in [-0.39, 0.29) is 24.8 Å². The van der Waals surface area contributed by atoms with Crippen LogP contribution in [0.2, 0.25) is 5.02 Å². The molecular formula is C19H19ClN2O5S. The van der Waals surface area contributed by atoms with Gasteiger partial charge >= 0.3 is 5.97 Å². The molecule has 0 aliphatic carbocycles. The predicted octanol–water partition coefficient (Wildman–Crippen LogP) is 3.49. The summed E-state index contributed by atoms with van der Waals surface area (Å²) in [6.45, 7) is 1.84. The third kappa shape index (κ3) is 4.34. The molecule has 0 saturated carbocycles. The molecular weight excluding hydrogens is 404 g/mol. The molecule has 2 aromatic rings. The Kier molecular flexibility index (Phi) is 6.00. The van der Waals surface area contributed by atoms with Gasteiger partial charge in [0.1, 0.15) is 17.1 Å². The van der Waals surface area contributed by atoms with Gasteiger partial charge in [0.25, 0.3) is 0 Å². The number of rotatable bonds is 5. The molecule has 1 unspecified atom stereocenters. The quantitative estimate of drug-likeness (QED) is 0.742. The number of hydrogen-bond acceptors (Lipinski definition) is 6. The molecule has 1 N–H and O–H groups in total. The average Bonchev–Trinajstić information content (AvgIpc) is 3.01. The van der Waals surface area contributed by atoms with Crippen molar-refractivity contribution in [3.05, 3.63) is 46.4 Å². The first-order valence-corrected chi connectivity index (χ1v) is 9.73. The van der Waals surface area contributed by atoms with Gasteiger partial charge in [-0.3, -0.25) is 9.59 Å². The number of thioether (sulfide) groups is 1. The average molecular weight is 423 g/mol. The smallest absolute Gasteiger partial charge is 0.341 e. The molecule has 1 aliphatic rings. The second kappa shape index (κ2) is 8.28. The zero-order valence-corrected chi connectivity index (χ0v) is 17.1. The highest BCUT2D eigenvalue weighted by atomic mass is 35.5. The summed E-state index contributed by atoms with van der Waals surface area (Å²) in [5.74, 6) is -0.0349. The number of esters is 1. The van der Waals surface area contributed by atoms with Crippen molar-refractivity contribution in [3.63, 3.8) is 0 Å². The maximum Gasteiger partial charge on any atom is 0.341 e. The summed E-state index contributed by atoms with van der Waals surface area (Å²) in [7, 11) is 2.92. The van der Waals surface area contributed by atoms with Crippen molar-refractivity contribution in [2.24, 2.45) is 0 Å². The molecule has 1 aromatic carbocycles. The van der Waals surface area contributed by atoms with Gasteiger partial charge in [0.05, 0.1) is 24.6 Å². The van der Waals surface area contributed by atoms with Gasteiger partial charge in [-0.1, -0.05) is 11.6 Å². The number of hydrogen-bond donors (Lipinski definition) is 1. The Labute approximate surface area is 171 Å². The number of halogens is 1. The van der Waals surface area contributed by atoms with Crippen LogP contribution in [0.15, 0.2) is 33.6 Å². The molecule has 7 nitrogen and oxygen atoms in total. The Bertz CT molecular complexity index is 942. The summed E-state index contributed by atoms with van der Waals surface area (Å²) in [5.41, 5.74) is 0.983. The molecule has 0 bridgehead atoms. The van der Waals surface area contributed by atoms with Crippen LogP contribution < -0.4 is 5.32 Å². The highest BCUT2D eigenvalue weighted by Crippen LogP contribution is 2.38. The second-order valence-electron chi connectivity index (χ2n) is 6.36. The molecule has 0 radical (unpaired) electrons. The number of aryl methyl sites for hydroxylation is 1. The van der Waals surface area contributed by atoms with Crippen molar-refractivity contribution < 1.29 is 23.5 Å². The van der Waals surface area contributed by atoms with E-state index in [1.54, 1.807) is 32.2 Å². The van der Waals surface area contributed by atoms with Crippen molar-refractivity contribution in [2.45, 2.75) is 30.0 Å². The summed E-state index contributed by atoms with van der Waals surface area (Å²) < 4.78 is 10.2. The topological polar surface area (TPSA) is 88.9 Å². The number of furan rings is 1. The molecule has 9 heteroatoms. The van der Waals surface area contributed by atoms with E-state index in [2.05, 4.69) is 5.32 Å². The monoisotopic (exact) mass is 422 g/mol. The molecule has 0 fully saturated rings. The van der Waals surface area contributed by atoms with E-state index < -0.39 is 11.2 Å². The van der Waals surface area contributed by atoms with Crippen LogP contribution in [0.4, 0.5) is 5.69 Å². The van der Waals surface area contributed by atoms with Crippen LogP contribution in [0.1, 0.15) is 28.3 Å². The maximum atomic E-state index is 12.6. The first-order chi connectivity index (χ1) is 13.3. The van der Waals surface area contributed by atoms with Crippen LogP contribution in [0.25, 0.3) is 0 Å². The highest BCUT2D eigenvalue weighted by molar-refractivity contribution is 8.01. The number of carbonyl (C=O) groups is 3. The van der Waals surface area contributed by atoms with E-state index in [9.17, 15) is 14.4 Å². The summed E-state index contributed by atoms with van der Waals surface area (Å²) in [5, 5.41) is 2.79. The van der Waals surface area contributed by atoms with Crippen LogP contribution >= 0.6 is 23.4 Å². The van der Waals surface area contributed by atoms with Gasteiger partial charge in [-0.05, 0) is 31.2 Å². The van der Waals surface area contributed by atoms with Crippen LogP contribution in [0.3, 0.4) is 0 Å². The summed E-state index contributed by atoms with van der Waals surface area (Å²) in [4.78, 5) is 38.9. The molecule has 28 heavy (non-hydrogen) atoms. The fourth-order valence-corrected chi connectivity index (χ4v) is 4.08. The molecule has 0 saturated heterocycles. The van der Waals surface area contributed by atoms with Crippen LogP contribution in [-0.4, -0.2) is 42.1 Å². The van der Waals surface area contributed by atoms with E-state index in [1.165, 1.54) is 23.8 Å². The third-order valence-corrected chi connectivity index (χ3v) is 5.82. The number of fused-ring (bicyclic) bond motifs is 1. The van der Waals surface area contributed by atoms with Gasteiger partial charge in [0.15, 0.2) is 0 Å².